The highest BCUT2D eigenvalue weighted by Gasteiger charge is 2.22. The SMILES string of the molecule is COCCOCO[C@H](COC(C)=O)CC(=O)OC(C)(C)C. The van der Waals surface area contributed by atoms with Gasteiger partial charge in [-0.25, -0.2) is 0 Å². The molecule has 0 heterocycles. The highest BCUT2D eigenvalue weighted by molar-refractivity contribution is 5.70. The van der Waals surface area contributed by atoms with E-state index in [0.717, 1.165) is 0 Å². The highest BCUT2D eigenvalue weighted by Crippen LogP contribution is 2.11. The van der Waals surface area contributed by atoms with Crippen LogP contribution < -0.4 is 0 Å². The van der Waals surface area contributed by atoms with E-state index in [1.165, 1.54) is 6.92 Å². The summed E-state index contributed by atoms with van der Waals surface area (Å²) in [6.45, 7) is 7.41. The van der Waals surface area contributed by atoms with E-state index in [9.17, 15) is 9.59 Å². The maximum Gasteiger partial charge on any atom is 0.309 e. The number of rotatable bonds is 10. The van der Waals surface area contributed by atoms with Gasteiger partial charge in [-0.15, -0.1) is 0 Å². The minimum atomic E-state index is -0.605. The lowest BCUT2D eigenvalue weighted by atomic mass is 10.2. The van der Waals surface area contributed by atoms with E-state index in [4.69, 9.17) is 23.7 Å². The van der Waals surface area contributed by atoms with Crippen LogP contribution in [0, 0.1) is 0 Å². The molecule has 0 spiro atoms. The van der Waals surface area contributed by atoms with E-state index in [0.29, 0.717) is 13.2 Å². The van der Waals surface area contributed by atoms with Crippen molar-refractivity contribution in [1.82, 2.24) is 0 Å². The van der Waals surface area contributed by atoms with Crippen LogP contribution in [0.1, 0.15) is 34.1 Å². The Hall–Kier alpha value is -1.18. The summed E-state index contributed by atoms with van der Waals surface area (Å²) in [5.74, 6) is -0.857. The zero-order valence-electron chi connectivity index (χ0n) is 13.5. The second-order valence-electron chi connectivity index (χ2n) is 5.40. The second-order valence-corrected chi connectivity index (χ2v) is 5.40. The summed E-state index contributed by atoms with van der Waals surface area (Å²) in [6.07, 6.45) is -0.621. The molecule has 0 aliphatic carbocycles. The van der Waals surface area contributed by atoms with Crippen LogP contribution in [0.25, 0.3) is 0 Å². The lowest BCUT2D eigenvalue weighted by Crippen LogP contribution is -2.30. The van der Waals surface area contributed by atoms with Gasteiger partial charge in [-0.2, -0.15) is 0 Å². The minimum absolute atomic E-state index is 0.0157. The van der Waals surface area contributed by atoms with Gasteiger partial charge in [0, 0.05) is 14.0 Å². The first-order valence-corrected chi connectivity index (χ1v) is 6.78. The molecule has 0 unspecified atom stereocenters. The monoisotopic (exact) mass is 306 g/mol. The maximum atomic E-state index is 11.7. The number of carbonyl (C=O) groups is 2. The predicted octanol–water partition coefficient (Wildman–Crippen LogP) is 1.29. The second kappa shape index (κ2) is 10.5. The molecule has 0 radical (unpaired) electrons. The molecule has 0 rings (SSSR count). The molecule has 0 aromatic heterocycles. The molecule has 124 valence electrons. The van der Waals surface area contributed by atoms with Gasteiger partial charge in [0.15, 0.2) is 0 Å². The van der Waals surface area contributed by atoms with Crippen molar-refractivity contribution in [2.75, 3.05) is 33.7 Å². The smallest absolute Gasteiger partial charge is 0.309 e. The zero-order valence-corrected chi connectivity index (χ0v) is 13.5. The molecule has 0 saturated heterocycles. The van der Waals surface area contributed by atoms with Crippen molar-refractivity contribution < 1.29 is 33.3 Å². The van der Waals surface area contributed by atoms with Crippen LogP contribution in [-0.4, -0.2) is 57.4 Å². The number of hydrogen-bond acceptors (Lipinski definition) is 7. The molecule has 0 fully saturated rings. The molecule has 0 aliphatic heterocycles. The fourth-order valence-electron chi connectivity index (χ4n) is 1.29. The van der Waals surface area contributed by atoms with E-state index >= 15 is 0 Å². The van der Waals surface area contributed by atoms with Gasteiger partial charge in [0.25, 0.3) is 0 Å². The van der Waals surface area contributed by atoms with Gasteiger partial charge in [-0.3, -0.25) is 9.59 Å². The van der Waals surface area contributed by atoms with Crippen LogP contribution in [0.2, 0.25) is 0 Å². The molecule has 7 nitrogen and oxygen atoms in total. The van der Waals surface area contributed by atoms with E-state index in [1.54, 1.807) is 27.9 Å². The molecular weight excluding hydrogens is 280 g/mol. The third kappa shape index (κ3) is 13.6. The molecule has 0 aromatic rings. The Morgan fingerprint density at radius 2 is 1.81 bits per heavy atom. The molecule has 0 aliphatic rings. The molecule has 0 saturated carbocycles. The third-order valence-corrected chi connectivity index (χ3v) is 2.11. The molecule has 21 heavy (non-hydrogen) atoms. The summed E-state index contributed by atoms with van der Waals surface area (Å²) in [6, 6.07) is 0. The standard InChI is InChI=1S/C14H26O7/c1-11(15)19-9-12(20-10-18-7-6-17-5)8-13(16)21-14(2,3)4/h12H,6-10H2,1-5H3/t12-/m0/s1. The lowest BCUT2D eigenvalue weighted by Gasteiger charge is -2.22. The van der Waals surface area contributed by atoms with Crippen LogP contribution in [0.4, 0.5) is 0 Å². The normalized spacial score (nSPS) is 12.8. The van der Waals surface area contributed by atoms with Crippen LogP contribution in [-0.2, 0) is 33.3 Å². The topological polar surface area (TPSA) is 80.3 Å². The number of esters is 2. The molecule has 1 atom stereocenters. The predicted molar refractivity (Wildman–Crippen MR) is 74.7 cm³/mol. The molecule has 7 heteroatoms. The molecule has 0 bridgehead atoms. The first kappa shape index (κ1) is 19.8. The Bertz CT molecular complexity index is 309. The van der Waals surface area contributed by atoms with Gasteiger partial charge in [0.05, 0.1) is 19.6 Å². The number of hydrogen-bond donors (Lipinski definition) is 0. The van der Waals surface area contributed by atoms with Crippen molar-refractivity contribution in [3.63, 3.8) is 0 Å². The molecule has 0 N–H and O–H groups in total. The summed E-state index contributed by atoms with van der Waals surface area (Å²) in [4.78, 5) is 22.6. The van der Waals surface area contributed by atoms with Gasteiger partial charge in [0.1, 0.15) is 25.1 Å². The average molecular weight is 306 g/mol. The molecule has 0 amide bonds. The van der Waals surface area contributed by atoms with E-state index in [-0.39, 0.29) is 19.8 Å². The molecular formula is C14H26O7. The van der Waals surface area contributed by atoms with Gasteiger partial charge in [-0.05, 0) is 20.8 Å². The summed E-state index contributed by atoms with van der Waals surface area (Å²) in [7, 11) is 1.57. The maximum absolute atomic E-state index is 11.7. The first-order valence-electron chi connectivity index (χ1n) is 6.78. The summed E-state index contributed by atoms with van der Waals surface area (Å²) in [5, 5.41) is 0. The van der Waals surface area contributed by atoms with E-state index in [1.807, 2.05) is 0 Å². The van der Waals surface area contributed by atoms with Gasteiger partial charge < -0.3 is 23.7 Å². The van der Waals surface area contributed by atoms with Crippen LogP contribution in [0.15, 0.2) is 0 Å². The van der Waals surface area contributed by atoms with Crippen LogP contribution >= 0.6 is 0 Å². The Kier molecular flexibility index (Phi) is 9.94. The number of methoxy groups -OCH3 is 1. The van der Waals surface area contributed by atoms with Gasteiger partial charge in [-0.1, -0.05) is 0 Å². The number of ether oxygens (including phenoxy) is 5. The minimum Gasteiger partial charge on any atom is -0.463 e. The summed E-state index contributed by atoms with van der Waals surface area (Å²) >= 11 is 0. The van der Waals surface area contributed by atoms with Gasteiger partial charge >= 0.3 is 11.9 Å². The largest absolute Gasteiger partial charge is 0.463 e. The van der Waals surface area contributed by atoms with Crippen molar-refractivity contribution in [1.29, 1.82) is 0 Å². The fourth-order valence-corrected chi connectivity index (χ4v) is 1.29. The van der Waals surface area contributed by atoms with Crippen molar-refractivity contribution >= 4 is 11.9 Å². The molecule has 0 aromatic carbocycles. The van der Waals surface area contributed by atoms with Crippen molar-refractivity contribution in [3.05, 3.63) is 0 Å². The van der Waals surface area contributed by atoms with Crippen molar-refractivity contribution in [2.24, 2.45) is 0 Å². The van der Waals surface area contributed by atoms with Gasteiger partial charge in [0.2, 0.25) is 0 Å². The summed E-state index contributed by atoms with van der Waals surface area (Å²) < 4.78 is 25.4. The van der Waals surface area contributed by atoms with Crippen molar-refractivity contribution in [3.8, 4) is 0 Å². The third-order valence-electron chi connectivity index (χ3n) is 2.11. The summed E-state index contributed by atoms with van der Waals surface area (Å²) in [5.41, 5.74) is -0.571. The van der Waals surface area contributed by atoms with E-state index < -0.39 is 23.6 Å². The van der Waals surface area contributed by atoms with Crippen LogP contribution in [0.5, 0.6) is 0 Å². The van der Waals surface area contributed by atoms with Crippen molar-refractivity contribution in [2.45, 2.75) is 45.8 Å². The highest BCUT2D eigenvalue weighted by atomic mass is 16.7. The number of carbonyl (C=O) groups excluding carboxylic acids is 2. The lowest BCUT2D eigenvalue weighted by molar-refractivity contribution is -0.168. The zero-order chi connectivity index (χ0) is 16.3. The Labute approximate surface area is 125 Å². The van der Waals surface area contributed by atoms with Crippen LogP contribution in [0.3, 0.4) is 0 Å². The Morgan fingerprint density at radius 3 is 2.33 bits per heavy atom. The fraction of sp³-hybridized carbons (Fsp3) is 0.857. The Balaban J connectivity index is 4.18. The Morgan fingerprint density at radius 1 is 1.14 bits per heavy atom. The first-order chi connectivity index (χ1) is 9.74. The average Bonchev–Trinajstić information content (AvgIpc) is 2.32. The quantitative estimate of drug-likeness (QED) is 0.342. The van der Waals surface area contributed by atoms with E-state index in [2.05, 4.69) is 0 Å².